The number of amides is 1. The zero-order chi connectivity index (χ0) is 17.4. The number of nitrogens with one attached hydrogen (secondary N) is 1. The summed E-state index contributed by atoms with van der Waals surface area (Å²) in [5, 5.41) is 12.4. The van der Waals surface area contributed by atoms with E-state index in [9.17, 15) is 9.18 Å². The summed E-state index contributed by atoms with van der Waals surface area (Å²) in [5.41, 5.74) is 0. The van der Waals surface area contributed by atoms with Gasteiger partial charge >= 0.3 is 0 Å². The monoisotopic (exact) mass is 351 g/mol. The van der Waals surface area contributed by atoms with Crippen molar-refractivity contribution in [2.24, 2.45) is 0 Å². The second-order valence-corrected chi connectivity index (χ2v) is 6.43. The van der Waals surface area contributed by atoms with Crippen LogP contribution in [0.2, 0.25) is 0 Å². The van der Waals surface area contributed by atoms with E-state index in [1.807, 2.05) is 0 Å². The highest BCUT2D eigenvalue weighted by atomic mass is 32.1. The molecule has 5 nitrogen and oxygen atoms in total. The highest BCUT2D eigenvalue weighted by Crippen LogP contribution is 2.28. The van der Waals surface area contributed by atoms with Gasteiger partial charge in [0.25, 0.3) is 0 Å². The predicted octanol–water partition coefficient (Wildman–Crippen LogP) is 4.38. The van der Waals surface area contributed by atoms with Crippen molar-refractivity contribution in [2.45, 2.75) is 45.4 Å². The standard InChI is InChI=1S/C17H22FN3O2S/c1-3-12(4-2)16-20-21-17(24-16)19-15(22)9-6-10-23-14-8-5-7-13(18)11-14/h5,7-8,11-12H,3-4,6,9-10H2,1-2H3,(H,19,21,22). The maximum atomic E-state index is 13.0. The molecule has 1 aromatic carbocycles. The largest absolute Gasteiger partial charge is 0.493 e. The van der Waals surface area contributed by atoms with Crippen LogP contribution in [0.25, 0.3) is 0 Å². The third kappa shape index (κ3) is 5.56. The molecule has 0 aliphatic carbocycles. The first-order chi connectivity index (χ1) is 11.6. The molecule has 130 valence electrons. The molecule has 0 saturated carbocycles. The minimum Gasteiger partial charge on any atom is -0.493 e. The highest BCUT2D eigenvalue weighted by molar-refractivity contribution is 7.15. The summed E-state index contributed by atoms with van der Waals surface area (Å²) in [5.74, 6) is 0.405. The molecule has 1 amide bonds. The van der Waals surface area contributed by atoms with Gasteiger partial charge in [-0.3, -0.25) is 4.79 Å². The Bertz CT molecular complexity index is 659. The zero-order valence-electron chi connectivity index (χ0n) is 13.9. The number of rotatable bonds is 9. The Balaban J connectivity index is 1.71. The maximum Gasteiger partial charge on any atom is 0.226 e. The number of halogens is 1. The molecule has 24 heavy (non-hydrogen) atoms. The first-order valence-corrected chi connectivity index (χ1v) is 8.95. The lowest BCUT2D eigenvalue weighted by Gasteiger charge is -2.06. The minimum atomic E-state index is -0.338. The number of nitrogens with zero attached hydrogens (tertiary/aromatic N) is 2. The summed E-state index contributed by atoms with van der Waals surface area (Å²) >= 11 is 1.43. The lowest BCUT2D eigenvalue weighted by Crippen LogP contribution is -2.12. The van der Waals surface area contributed by atoms with Gasteiger partial charge in [-0.05, 0) is 31.4 Å². The van der Waals surface area contributed by atoms with Crippen LogP contribution >= 0.6 is 11.3 Å². The van der Waals surface area contributed by atoms with Crippen LogP contribution in [-0.4, -0.2) is 22.7 Å². The number of hydrogen-bond acceptors (Lipinski definition) is 5. The van der Waals surface area contributed by atoms with Crippen LogP contribution in [0.4, 0.5) is 9.52 Å². The topological polar surface area (TPSA) is 64.1 Å². The van der Waals surface area contributed by atoms with E-state index in [1.165, 1.54) is 23.5 Å². The quantitative estimate of drug-likeness (QED) is 0.681. The van der Waals surface area contributed by atoms with Gasteiger partial charge in [-0.1, -0.05) is 31.3 Å². The summed E-state index contributed by atoms with van der Waals surface area (Å²) in [7, 11) is 0. The fourth-order valence-corrected chi connectivity index (χ4v) is 3.28. The summed E-state index contributed by atoms with van der Waals surface area (Å²) in [6.07, 6.45) is 2.88. The third-order valence-electron chi connectivity index (χ3n) is 3.63. The van der Waals surface area contributed by atoms with Crippen molar-refractivity contribution in [3.8, 4) is 5.75 Å². The Kier molecular flexibility index (Phi) is 7.11. The highest BCUT2D eigenvalue weighted by Gasteiger charge is 2.14. The lowest BCUT2D eigenvalue weighted by atomic mass is 10.1. The van der Waals surface area contributed by atoms with Crippen molar-refractivity contribution < 1.29 is 13.9 Å². The van der Waals surface area contributed by atoms with Crippen LogP contribution in [0.15, 0.2) is 24.3 Å². The van der Waals surface area contributed by atoms with E-state index in [0.717, 1.165) is 17.8 Å². The molecule has 0 saturated heterocycles. The number of carbonyl (C=O) groups is 1. The molecule has 0 aliphatic heterocycles. The number of hydrogen-bond donors (Lipinski definition) is 1. The molecule has 0 bridgehead atoms. The number of aromatic nitrogens is 2. The fourth-order valence-electron chi connectivity index (χ4n) is 2.25. The summed E-state index contributed by atoms with van der Waals surface area (Å²) in [4.78, 5) is 11.9. The van der Waals surface area contributed by atoms with Crippen LogP contribution in [0.1, 0.15) is 50.5 Å². The van der Waals surface area contributed by atoms with E-state index in [2.05, 4.69) is 29.4 Å². The number of anilines is 1. The molecule has 2 rings (SSSR count). The summed E-state index contributed by atoms with van der Waals surface area (Å²) in [6.45, 7) is 4.59. The van der Waals surface area contributed by atoms with E-state index < -0.39 is 0 Å². The summed E-state index contributed by atoms with van der Waals surface area (Å²) in [6, 6.07) is 5.95. The summed E-state index contributed by atoms with van der Waals surface area (Å²) < 4.78 is 18.4. The zero-order valence-corrected chi connectivity index (χ0v) is 14.7. The first-order valence-electron chi connectivity index (χ1n) is 8.14. The molecule has 0 radical (unpaired) electrons. The van der Waals surface area contributed by atoms with Crippen molar-refractivity contribution in [1.29, 1.82) is 0 Å². The smallest absolute Gasteiger partial charge is 0.226 e. The molecule has 0 aliphatic rings. The molecule has 0 fully saturated rings. The third-order valence-corrected chi connectivity index (χ3v) is 4.64. The van der Waals surface area contributed by atoms with E-state index in [0.29, 0.717) is 36.2 Å². The Morgan fingerprint density at radius 2 is 2.12 bits per heavy atom. The Morgan fingerprint density at radius 3 is 2.83 bits per heavy atom. The molecule has 0 unspecified atom stereocenters. The maximum absolute atomic E-state index is 13.0. The Morgan fingerprint density at radius 1 is 1.33 bits per heavy atom. The first kappa shape index (κ1) is 18.3. The van der Waals surface area contributed by atoms with Crippen molar-refractivity contribution >= 4 is 22.4 Å². The van der Waals surface area contributed by atoms with Gasteiger partial charge in [-0.2, -0.15) is 0 Å². The van der Waals surface area contributed by atoms with Crippen LogP contribution in [-0.2, 0) is 4.79 Å². The average molecular weight is 351 g/mol. The van der Waals surface area contributed by atoms with Gasteiger partial charge < -0.3 is 10.1 Å². The van der Waals surface area contributed by atoms with E-state index in [1.54, 1.807) is 12.1 Å². The molecule has 1 aromatic heterocycles. The van der Waals surface area contributed by atoms with Crippen molar-refractivity contribution in [1.82, 2.24) is 10.2 Å². The van der Waals surface area contributed by atoms with Gasteiger partial charge in [-0.25, -0.2) is 4.39 Å². The SMILES string of the molecule is CCC(CC)c1nnc(NC(=O)CCCOc2cccc(F)c2)s1. The average Bonchev–Trinajstić information content (AvgIpc) is 3.01. The van der Waals surface area contributed by atoms with Crippen LogP contribution in [0.3, 0.4) is 0 Å². The van der Waals surface area contributed by atoms with Crippen LogP contribution in [0.5, 0.6) is 5.75 Å². The number of ether oxygens (including phenoxy) is 1. The van der Waals surface area contributed by atoms with Gasteiger partial charge in [-0.15, -0.1) is 10.2 Å². The molecule has 2 aromatic rings. The second kappa shape index (κ2) is 9.32. The van der Waals surface area contributed by atoms with E-state index in [-0.39, 0.29) is 11.7 Å². The van der Waals surface area contributed by atoms with Gasteiger partial charge in [0, 0.05) is 18.4 Å². The van der Waals surface area contributed by atoms with Gasteiger partial charge in [0.05, 0.1) is 6.61 Å². The molecule has 0 spiro atoms. The number of carbonyl (C=O) groups excluding carboxylic acids is 1. The molecule has 7 heteroatoms. The Hall–Kier alpha value is -2.02. The molecular weight excluding hydrogens is 329 g/mol. The van der Waals surface area contributed by atoms with Gasteiger partial charge in [0.2, 0.25) is 11.0 Å². The van der Waals surface area contributed by atoms with Crippen LogP contribution < -0.4 is 10.1 Å². The second-order valence-electron chi connectivity index (χ2n) is 5.42. The molecule has 1 heterocycles. The normalized spacial score (nSPS) is 10.8. The van der Waals surface area contributed by atoms with Crippen LogP contribution in [0, 0.1) is 5.82 Å². The Labute approximate surface area is 145 Å². The molecule has 1 N–H and O–H groups in total. The minimum absolute atomic E-state index is 0.120. The molecule has 0 atom stereocenters. The van der Waals surface area contributed by atoms with E-state index >= 15 is 0 Å². The fraction of sp³-hybridized carbons (Fsp3) is 0.471. The van der Waals surface area contributed by atoms with Crippen molar-refractivity contribution in [3.63, 3.8) is 0 Å². The van der Waals surface area contributed by atoms with Crippen molar-refractivity contribution in [2.75, 3.05) is 11.9 Å². The van der Waals surface area contributed by atoms with E-state index in [4.69, 9.17) is 4.74 Å². The molecular formula is C17H22FN3O2S. The number of benzene rings is 1. The van der Waals surface area contributed by atoms with Gasteiger partial charge in [0.15, 0.2) is 0 Å². The van der Waals surface area contributed by atoms with Crippen molar-refractivity contribution in [3.05, 3.63) is 35.1 Å². The van der Waals surface area contributed by atoms with Gasteiger partial charge in [0.1, 0.15) is 16.6 Å². The predicted molar refractivity (Wildman–Crippen MR) is 93.0 cm³/mol. The lowest BCUT2D eigenvalue weighted by molar-refractivity contribution is -0.116.